The van der Waals surface area contributed by atoms with Crippen LogP contribution in [0.1, 0.15) is 49.4 Å². The van der Waals surface area contributed by atoms with Crippen LogP contribution in [0.5, 0.6) is 0 Å². The molecule has 6 heteroatoms. The molecular weight excluding hydrogens is 360 g/mol. The van der Waals surface area contributed by atoms with Crippen LogP contribution in [0.3, 0.4) is 0 Å². The molecule has 1 aromatic heterocycles. The number of fused-ring (bicyclic) bond motifs is 2. The summed E-state index contributed by atoms with van der Waals surface area (Å²) in [6.45, 7) is 8.64. The lowest BCUT2D eigenvalue weighted by atomic mass is 9.75. The van der Waals surface area contributed by atoms with Crippen molar-refractivity contribution in [3.8, 4) is 0 Å². The normalized spacial score (nSPS) is 22.0. The van der Waals surface area contributed by atoms with Crippen molar-refractivity contribution in [3.63, 3.8) is 0 Å². The third kappa shape index (κ3) is 2.92. The summed E-state index contributed by atoms with van der Waals surface area (Å²) in [7, 11) is 2.23. The molecular formula is C21H29ClN4O. The quantitative estimate of drug-likeness (QED) is 0.849. The van der Waals surface area contributed by atoms with Gasteiger partial charge in [0.05, 0.1) is 5.52 Å². The van der Waals surface area contributed by atoms with Crippen molar-refractivity contribution in [3.05, 3.63) is 34.0 Å². The minimum Gasteiger partial charge on any atom is -0.324 e. The van der Waals surface area contributed by atoms with Gasteiger partial charge in [-0.2, -0.15) is 0 Å². The Balaban J connectivity index is 1.85. The number of carbonyl (C=O) groups excluding carboxylic acids is 1. The van der Waals surface area contributed by atoms with Crippen molar-refractivity contribution >= 4 is 28.5 Å². The smallest absolute Gasteiger partial charge is 0.324 e. The van der Waals surface area contributed by atoms with Crippen molar-refractivity contribution in [2.45, 2.75) is 52.0 Å². The Labute approximate surface area is 166 Å². The number of urea groups is 1. The molecule has 1 saturated heterocycles. The summed E-state index contributed by atoms with van der Waals surface area (Å²) in [6.07, 6.45) is 3.46. The van der Waals surface area contributed by atoms with Crippen molar-refractivity contribution < 1.29 is 4.79 Å². The van der Waals surface area contributed by atoms with Gasteiger partial charge in [0.1, 0.15) is 0 Å². The Hall–Kier alpha value is -1.72. The van der Waals surface area contributed by atoms with E-state index < -0.39 is 0 Å². The standard InChI is InChI=1S/C21H29ClN4O/c1-5-25(6-2)21(27)23-26-13(3)16-12-18-15(8-7-9-24(18)4)17-10-14(22)11-19(26)20(16)17/h10-11,15,18H,5-9,12H2,1-4H3,(H,23,27)/t15-,18-/m1/s1. The van der Waals surface area contributed by atoms with E-state index in [0.29, 0.717) is 25.0 Å². The molecule has 2 atom stereocenters. The van der Waals surface area contributed by atoms with Crippen LogP contribution in [0, 0.1) is 6.92 Å². The first kappa shape index (κ1) is 18.6. The lowest BCUT2D eigenvalue weighted by Crippen LogP contribution is -2.44. The Morgan fingerprint density at radius 1 is 1.33 bits per heavy atom. The summed E-state index contributed by atoms with van der Waals surface area (Å²) < 4.78 is 1.96. The molecule has 5 nitrogen and oxygen atoms in total. The fourth-order valence-corrected chi connectivity index (χ4v) is 5.30. The molecule has 1 aromatic carbocycles. The molecule has 1 aliphatic heterocycles. The fourth-order valence-electron chi connectivity index (χ4n) is 5.07. The summed E-state index contributed by atoms with van der Waals surface area (Å²) in [5, 5.41) is 2.04. The molecule has 1 fully saturated rings. The number of aromatic nitrogens is 1. The van der Waals surface area contributed by atoms with E-state index in [9.17, 15) is 4.79 Å². The molecule has 2 amide bonds. The number of halogens is 1. The van der Waals surface area contributed by atoms with Gasteiger partial charge in [-0.15, -0.1) is 0 Å². The first-order valence-electron chi connectivity index (χ1n) is 10.1. The largest absolute Gasteiger partial charge is 0.336 e. The molecule has 27 heavy (non-hydrogen) atoms. The number of amides is 2. The molecule has 2 aromatic rings. The molecule has 4 rings (SSSR count). The van der Waals surface area contributed by atoms with Crippen LogP contribution in [-0.2, 0) is 6.42 Å². The highest BCUT2D eigenvalue weighted by atomic mass is 35.5. The van der Waals surface area contributed by atoms with E-state index in [-0.39, 0.29) is 6.03 Å². The monoisotopic (exact) mass is 388 g/mol. The zero-order valence-corrected chi connectivity index (χ0v) is 17.4. The third-order valence-corrected chi connectivity index (χ3v) is 6.77. The molecule has 0 bridgehead atoms. The molecule has 2 heterocycles. The zero-order chi connectivity index (χ0) is 19.3. The second-order valence-electron chi connectivity index (χ2n) is 7.88. The summed E-state index contributed by atoms with van der Waals surface area (Å²) in [6, 6.07) is 4.59. The second-order valence-corrected chi connectivity index (χ2v) is 8.31. The van der Waals surface area contributed by atoms with Crippen molar-refractivity contribution in [2.75, 3.05) is 32.1 Å². The molecule has 2 aliphatic rings. The maximum absolute atomic E-state index is 12.7. The number of carbonyl (C=O) groups is 1. The van der Waals surface area contributed by atoms with E-state index in [0.717, 1.165) is 29.2 Å². The van der Waals surface area contributed by atoms with Gasteiger partial charge in [-0.05, 0) is 76.9 Å². The number of nitrogens with one attached hydrogen (secondary N) is 1. The minimum atomic E-state index is -0.0677. The van der Waals surface area contributed by atoms with Crippen LogP contribution in [-0.4, -0.2) is 53.2 Å². The molecule has 0 saturated carbocycles. The van der Waals surface area contributed by atoms with Gasteiger partial charge in [0.15, 0.2) is 0 Å². The second kappa shape index (κ2) is 7.02. The highest BCUT2D eigenvalue weighted by molar-refractivity contribution is 6.31. The average Bonchev–Trinajstić information content (AvgIpc) is 2.90. The van der Waals surface area contributed by atoms with Gasteiger partial charge in [-0.1, -0.05) is 11.6 Å². The number of piperidine rings is 1. The van der Waals surface area contributed by atoms with Crippen LogP contribution in [0.2, 0.25) is 5.02 Å². The van der Waals surface area contributed by atoms with Gasteiger partial charge in [0, 0.05) is 41.2 Å². The van der Waals surface area contributed by atoms with E-state index in [1.54, 1.807) is 4.90 Å². The first-order valence-corrected chi connectivity index (χ1v) is 10.4. The Kier molecular flexibility index (Phi) is 4.85. The third-order valence-electron chi connectivity index (χ3n) is 6.56. The summed E-state index contributed by atoms with van der Waals surface area (Å²) in [4.78, 5) is 17.0. The minimum absolute atomic E-state index is 0.0677. The molecule has 1 aliphatic carbocycles. The number of rotatable bonds is 3. The molecule has 0 spiro atoms. The Bertz CT molecular complexity index is 886. The Morgan fingerprint density at radius 3 is 2.78 bits per heavy atom. The van der Waals surface area contributed by atoms with Crippen LogP contribution in [0.25, 0.3) is 10.9 Å². The van der Waals surface area contributed by atoms with E-state index in [2.05, 4.69) is 30.4 Å². The first-order chi connectivity index (χ1) is 13.0. The average molecular weight is 389 g/mol. The van der Waals surface area contributed by atoms with E-state index >= 15 is 0 Å². The van der Waals surface area contributed by atoms with Crippen molar-refractivity contribution in [1.29, 1.82) is 0 Å². The predicted molar refractivity (Wildman–Crippen MR) is 111 cm³/mol. The van der Waals surface area contributed by atoms with Gasteiger partial charge in [0.25, 0.3) is 0 Å². The number of hydrogen-bond donors (Lipinski definition) is 1. The molecule has 146 valence electrons. The van der Waals surface area contributed by atoms with Gasteiger partial charge in [0.2, 0.25) is 0 Å². The predicted octanol–water partition coefficient (Wildman–Crippen LogP) is 4.34. The number of likely N-dealkylation sites (N-methyl/N-ethyl adjacent to an activating group) is 1. The van der Waals surface area contributed by atoms with Crippen molar-refractivity contribution in [2.24, 2.45) is 0 Å². The van der Waals surface area contributed by atoms with Crippen LogP contribution >= 0.6 is 11.6 Å². The molecule has 0 unspecified atom stereocenters. The van der Waals surface area contributed by atoms with Gasteiger partial charge in [-0.3, -0.25) is 4.68 Å². The van der Waals surface area contributed by atoms with Crippen LogP contribution < -0.4 is 5.43 Å². The maximum atomic E-state index is 12.7. The van der Waals surface area contributed by atoms with Crippen LogP contribution in [0.4, 0.5) is 4.79 Å². The van der Waals surface area contributed by atoms with Gasteiger partial charge < -0.3 is 9.80 Å². The maximum Gasteiger partial charge on any atom is 0.336 e. The number of nitrogens with zero attached hydrogens (tertiary/aromatic N) is 3. The van der Waals surface area contributed by atoms with Gasteiger partial charge in [-0.25, -0.2) is 10.2 Å². The van der Waals surface area contributed by atoms with E-state index in [1.165, 1.54) is 29.4 Å². The topological polar surface area (TPSA) is 40.5 Å². The highest BCUT2D eigenvalue weighted by Crippen LogP contribution is 2.45. The molecule has 0 radical (unpaired) electrons. The van der Waals surface area contributed by atoms with Crippen LogP contribution in [0.15, 0.2) is 12.1 Å². The number of hydrogen-bond acceptors (Lipinski definition) is 2. The summed E-state index contributed by atoms with van der Waals surface area (Å²) in [5.74, 6) is 0.520. The summed E-state index contributed by atoms with van der Waals surface area (Å²) in [5.41, 5.74) is 7.97. The lowest BCUT2D eigenvalue weighted by molar-refractivity contribution is 0.157. The fraction of sp³-hybridized carbons (Fsp3) is 0.571. The lowest BCUT2D eigenvalue weighted by Gasteiger charge is -2.42. The van der Waals surface area contributed by atoms with Gasteiger partial charge >= 0.3 is 6.03 Å². The highest BCUT2D eigenvalue weighted by Gasteiger charge is 2.38. The van der Waals surface area contributed by atoms with Crippen molar-refractivity contribution in [1.82, 2.24) is 14.5 Å². The SMILES string of the molecule is CCN(CC)C(=O)Nn1c(C)c2c3c(cc(Cl)cc31)[C@H]1CCCN(C)[C@@H]1C2. The zero-order valence-electron chi connectivity index (χ0n) is 16.7. The summed E-state index contributed by atoms with van der Waals surface area (Å²) >= 11 is 6.53. The Morgan fingerprint density at radius 2 is 2.07 bits per heavy atom. The van der Waals surface area contributed by atoms with E-state index in [1.807, 2.05) is 24.6 Å². The number of likely N-dealkylation sites (tertiary alicyclic amines) is 1. The van der Waals surface area contributed by atoms with E-state index in [4.69, 9.17) is 11.6 Å². The molecule has 1 N–H and O–H groups in total. The number of benzene rings is 1.